The second-order valence-corrected chi connectivity index (χ2v) is 36.7. The minimum absolute atomic E-state index is 0.0168. The van der Waals surface area contributed by atoms with E-state index in [4.69, 9.17) is 28.7 Å². The molecule has 35 nitrogen and oxygen atoms in total. The summed E-state index contributed by atoms with van der Waals surface area (Å²) in [6.07, 6.45) is 15.8. The zero-order valence-corrected chi connectivity index (χ0v) is 82.0. The summed E-state index contributed by atoms with van der Waals surface area (Å²) in [5.74, 6) is 8.28. The van der Waals surface area contributed by atoms with Crippen LogP contribution >= 0.6 is 0 Å². The molecule has 1 saturated carbocycles. The lowest BCUT2D eigenvalue weighted by molar-refractivity contribution is -0.130. The Morgan fingerprint density at radius 3 is 1.13 bits per heavy atom. The molecular weight excluding hydrogens is 1850 g/mol. The number of benzene rings is 5. The van der Waals surface area contributed by atoms with Crippen LogP contribution < -0.4 is 55.3 Å². The van der Waals surface area contributed by atoms with Crippen molar-refractivity contribution in [2.45, 2.75) is 125 Å². The molecule has 1 amide bonds. The largest absolute Gasteiger partial charge is 0.394 e. The quantitative estimate of drug-likeness (QED) is 0.0267. The third-order valence-corrected chi connectivity index (χ3v) is 24.9. The summed E-state index contributed by atoms with van der Waals surface area (Å²) in [4.78, 5) is 58.9. The lowest BCUT2D eigenvalue weighted by atomic mass is 10.0. The van der Waals surface area contributed by atoms with E-state index in [9.17, 15) is 28.9 Å². The van der Waals surface area contributed by atoms with E-state index in [1.165, 1.54) is 35.6 Å². The Labute approximate surface area is 839 Å². The number of nitrogen functional groups attached to an aromatic ring is 5. The van der Waals surface area contributed by atoms with Crippen LogP contribution in [0.25, 0.3) is 110 Å². The summed E-state index contributed by atoms with van der Waals surface area (Å²) in [6, 6.07) is 66.1. The number of alkyl halides is 2. The highest BCUT2D eigenvalue weighted by Crippen LogP contribution is 2.43. The maximum atomic E-state index is 12.5. The first kappa shape index (κ1) is 98.3. The van der Waals surface area contributed by atoms with E-state index in [2.05, 4.69) is 166 Å². The first-order valence-electron chi connectivity index (χ1n) is 47.6. The zero-order valence-electron chi connectivity index (χ0n) is 82.0. The number of fused-ring (bicyclic) bond motifs is 6. The second-order valence-electron chi connectivity index (χ2n) is 36.7. The number of pyridine rings is 10. The zero-order chi connectivity index (χ0) is 102. The van der Waals surface area contributed by atoms with Crippen LogP contribution in [0.1, 0.15) is 77.5 Å². The van der Waals surface area contributed by atoms with E-state index >= 15 is 0 Å². The molecule has 22 rings (SSSR count). The number of nitrogens with two attached hydrogens (primary N) is 5. The van der Waals surface area contributed by atoms with Gasteiger partial charge in [-0.05, 0) is 184 Å². The minimum atomic E-state index is -2.46. The molecule has 2 aliphatic rings. The molecule has 0 bridgehead atoms. The smallest absolute Gasteiger partial charge is 0.257 e. The Morgan fingerprint density at radius 2 is 0.767 bits per heavy atom. The Morgan fingerprint density at radius 1 is 0.418 bits per heavy atom. The van der Waals surface area contributed by atoms with Crippen LogP contribution in [0.15, 0.2) is 256 Å². The van der Waals surface area contributed by atoms with Gasteiger partial charge in [0.05, 0.1) is 96.4 Å². The van der Waals surface area contributed by atoms with Crippen LogP contribution in [0.4, 0.5) is 95.8 Å². The van der Waals surface area contributed by atoms with Gasteiger partial charge in [-0.2, -0.15) is 25.5 Å². The summed E-state index contributed by atoms with van der Waals surface area (Å²) in [6.45, 7) is 17.6. The van der Waals surface area contributed by atoms with E-state index < -0.39 is 18.6 Å². The normalized spacial score (nSPS) is 12.4. The molecule has 0 saturated heterocycles. The molecule has 20 aromatic rings. The average Bonchev–Trinajstić information content (AvgIpc) is 1.70. The van der Waals surface area contributed by atoms with Crippen molar-refractivity contribution in [2.75, 3.05) is 82.1 Å². The number of halogens is 2. The summed E-state index contributed by atoms with van der Waals surface area (Å²) in [5, 5.41) is 75.1. The molecule has 0 spiro atoms. The Balaban J connectivity index is 0.000000120. The number of rotatable bonds is 24. The topological polar surface area (TPSA) is 489 Å². The van der Waals surface area contributed by atoms with Crippen LogP contribution in [-0.2, 0) is 43.9 Å². The van der Waals surface area contributed by atoms with E-state index in [0.29, 0.717) is 102 Å². The highest BCUT2D eigenvalue weighted by Gasteiger charge is 2.29. The third-order valence-electron chi connectivity index (χ3n) is 24.9. The van der Waals surface area contributed by atoms with Crippen LogP contribution in [-0.4, -0.2) is 164 Å². The number of hydrogen-bond donors (Lipinski definition) is 13. The highest BCUT2D eigenvalue weighted by molar-refractivity contribution is 6.00. The summed E-state index contributed by atoms with van der Waals surface area (Å²) < 4.78 is 33.2. The van der Waals surface area contributed by atoms with E-state index in [-0.39, 0.29) is 25.7 Å². The fourth-order valence-corrected chi connectivity index (χ4v) is 17.4. The Kier molecular flexibility index (Phi) is 28.9. The van der Waals surface area contributed by atoms with Crippen molar-refractivity contribution in [3.8, 4) is 56.3 Å². The van der Waals surface area contributed by atoms with Gasteiger partial charge >= 0.3 is 0 Å². The molecule has 15 aromatic heterocycles. The lowest BCUT2D eigenvalue weighted by Crippen LogP contribution is -2.29. The van der Waals surface area contributed by atoms with Crippen molar-refractivity contribution >= 4 is 147 Å². The molecule has 37 heteroatoms. The predicted octanol–water partition coefficient (Wildman–Crippen LogP) is 18.9. The number of carbonyl (C=O) groups excluding carboxylic acids is 1. The maximum absolute atomic E-state index is 12.5. The number of aryl methyl sites for hydroxylation is 6. The number of aromatic nitrogens is 20. The number of hydrogen-bond acceptors (Lipinski definition) is 29. The van der Waals surface area contributed by atoms with Gasteiger partial charge in [0.2, 0.25) is 5.91 Å². The van der Waals surface area contributed by atoms with Crippen LogP contribution in [0, 0.1) is 41.5 Å². The molecule has 0 unspecified atom stereocenters. The fraction of sp³-hybridized carbons (Fsp3) is 0.211. The van der Waals surface area contributed by atoms with Gasteiger partial charge < -0.3 is 75.5 Å². The van der Waals surface area contributed by atoms with Gasteiger partial charge in [0.25, 0.3) is 6.43 Å². The molecule has 1 aliphatic carbocycles. The molecular formula is C109H111F2N31O4. The number of carbonyl (C=O) groups is 1. The standard InChI is InChI=1S/C23H23N7O.C23H24N6O.C22H24N6O.C21H22N6O.C20H18F2N6/c1-14-5-3-4-6-17(14)19-9-15-10-20(25-12-18(15)23(24)26-19)27-21-11-16-7-8-29(2)22(31)13-30(16)28-21;1-14-4-2-3-5-17(14)19-10-16-11-21(25-13-18(16)23(24)26-19)27-22-12-20(15-6-7-15)29(28-22)8-9-30;1-14-6-4-5-7-17(14)19-8-15-9-20(24-11-18(15)21(23)27-19)26-16-10-25-28(12-16)13-22(2,3)29;1-13-5-3-4-6-16(13)18-10-15-11-19(23-12-17(15)21(22)24-18)25-20-9-14(2)26-27(20)7-8-28;1-12-4-2-3-5-15(12)17-6-13-7-19(24-9-16(13)20(23)27-17)26-14-8-25-28(10-14)11-18(21)22/h3-6,9-12H,7-8,13H2,1-2H3,(H2,24,26)(H,25,27,28);2-5,10-13,15,30H,6-9H2,1H3,(H2,24,26)(H,25,27,28);4-12,29H,13H2,1-3H3,(H2,23,27)(H,24,26);3-6,9-12,28H,7-8H2,1-2H3,(H2,22,24)(H,23,25);2-10,18H,11H2,1H3,(H2,23,27)(H,24,26). The highest BCUT2D eigenvalue weighted by atomic mass is 19.3. The number of nitrogens with one attached hydrogen (secondary N) is 5. The number of amides is 1. The van der Waals surface area contributed by atoms with Crippen LogP contribution in [0.3, 0.4) is 0 Å². The van der Waals surface area contributed by atoms with Crippen LogP contribution in [0.2, 0.25) is 0 Å². The maximum Gasteiger partial charge on any atom is 0.257 e. The van der Waals surface area contributed by atoms with Gasteiger partial charge in [0.1, 0.15) is 77.1 Å². The number of aliphatic hydroxyl groups is 3. The van der Waals surface area contributed by atoms with Crippen molar-refractivity contribution in [3.05, 3.63) is 301 Å². The van der Waals surface area contributed by atoms with E-state index in [1.54, 1.807) is 70.0 Å². The van der Waals surface area contributed by atoms with Crippen molar-refractivity contribution in [2.24, 2.45) is 0 Å². The van der Waals surface area contributed by atoms with Crippen molar-refractivity contribution < 1.29 is 28.9 Å². The fourth-order valence-electron chi connectivity index (χ4n) is 17.4. The number of likely N-dealkylation sites (N-methyl/N-ethyl adjacent to an activating group) is 1. The first-order chi connectivity index (χ1) is 70.4. The summed E-state index contributed by atoms with van der Waals surface area (Å²) in [5.41, 5.74) is 49.7. The molecule has 1 aliphatic heterocycles. The minimum Gasteiger partial charge on any atom is -0.394 e. The second kappa shape index (κ2) is 42.9. The Bertz CT molecular complexity index is 8210. The predicted molar refractivity (Wildman–Crippen MR) is 573 cm³/mol. The van der Waals surface area contributed by atoms with E-state index in [1.807, 2.05) is 196 Å². The molecule has 0 atom stereocenters. The summed E-state index contributed by atoms with van der Waals surface area (Å²) in [7, 11) is 1.82. The molecule has 740 valence electrons. The number of nitrogens with zero attached hydrogens (tertiary/aromatic N) is 21. The van der Waals surface area contributed by atoms with Crippen molar-refractivity contribution in [1.82, 2.24) is 104 Å². The van der Waals surface area contributed by atoms with Gasteiger partial charge in [0, 0.05) is 154 Å². The van der Waals surface area contributed by atoms with Gasteiger partial charge in [-0.1, -0.05) is 121 Å². The van der Waals surface area contributed by atoms with Gasteiger partial charge in [-0.3, -0.25) is 23.5 Å². The van der Waals surface area contributed by atoms with Crippen LogP contribution in [0.5, 0.6) is 0 Å². The number of anilines is 15. The molecule has 0 radical (unpaired) electrons. The molecule has 5 aromatic carbocycles. The molecule has 18 N–H and O–H groups in total. The monoisotopic (exact) mass is 1960 g/mol. The first-order valence-corrected chi connectivity index (χ1v) is 47.6. The molecule has 146 heavy (non-hydrogen) atoms. The van der Waals surface area contributed by atoms with Crippen molar-refractivity contribution in [1.29, 1.82) is 0 Å². The summed E-state index contributed by atoms with van der Waals surface area (Å²) >= 11 is 0. The van der Waals surface area contributed by atoms with E-state index in [0.717, 1.165) is 173 Å². The molecule has 1 fully saturated rings. The van der Waals surface area contributed by atoms with Crippen molar-refractivity contribution in [3.63, 3.8) is 0 Å². The number of aliphatic hydroxyl groups excluding tert-OH is 2. The lowest BCUT2D eigenvalue weighted by Gasteiger charge is -2.16. The average molecular weight is 1960 g/mol. The molecule has 16 heterocycles. The Hall–Kier alpha value is -17.8. The SMILES string of the molecule is Cc1cc(Nc2cc3cc(-c4ccccc4C)nc(N)c3cn2)n(CCO)n1.Cc1ccccc1-c1cc2cc(Nc3cc(C4CC4)n(CCO)n3)ncc2c(N)n1.Cc1ccccc1-c1cc2cc(Nc3cc4n(n3)CC(=O)N(C)CC4)ncc2c(N)n1.Cc1ccccc1-c1cc2cc(Nc3cnn(CC(C)(C)O)c3)ncc2c(N)n1.Cc1ccccc1-c1cc2cc(Nc3cnn(CC(F)F)c3)ncc2c(N)n1. The van der Waals surface area contributed by atoms with Gasteiger partial charge in [-0.15, -0.1) is 0 Å². The van der Waals surface area contributed by atoms with Gasteiger partial charge in [0.15, 0.2) is 11.6 Å². The van der Waals surface area contributed by atoms with Gasteiger partial charge in [-0.25, -0.2) is 63.3 Å². The third kappa shape index (κ3) is 23.3.